The molecule has 2 amide bonds. The lowest BCUT2D eigenvalue weighted by molar-refractivity contribution is -0.140. The van der Waals surface area contributed by atoms with E-state index in [1.165, 1.54) is 23.1 Å². The van der Waals surface area contributed by atoms with Crippen LogP contribution >= 0.6 is 46.4 Å². The van der Waals surface area contributed by atoms with Crippen LogP contribution in [0.4, 0.5) is 5.69 Å². The predicted octanol–water partition coefficient (Wildman–Crippen LogP) is 6.62. The Morgan fingerprint density at radius 3 is 2.15 bits per heavy atom. The zero-order valence-corrected chi connectivity index (χ0v) is 26.6. The Hall–Kier alpha value is -2.49. The fourth-order valence-corrected chi connectivity index (χ4v) is 5.86. The quantitative estimate of drug-likeness (QED) is 0.237. The number of carbonyl (C=O) groups is 2. The first-order chi connectivity index (χ1) is 19.3. The van der Waals surface area contributed by atoms with Gasteiger partial charge in [-0.1, -0.05) is 89.7 Å². The summed E-state index contributed by atoms with van der Waals surface area (Å²) in [6, 6.07) is 17.3. The average Bonchev–Trinajstić information content (AvgIpc) is 2.91. The van der Waals surface area contributed by atoms with Crippen molar-refractivity contribution in [3.8, 4) is 0 Å². The summed E-state index contributed by atoms with van der Waals surface area (Å²) in [7, 11) is -4.00. The molecule has 2 atom stereocenters. The minimum atomic E-state index is -4.00. The van der Waals surface area contributed by atoms with Crippen molar-refractivity contribution in [1.29, 1.82) is 0 Å². The lowest BCUT2D eigenvalue weighted by Gasteiger charge is -2.34. The highest BCUT2D eigenvalue weighted by molar-refractivity contribution is 7.92. The number of rotatable bonds is 12. The summed E-state index contributed by atoms with van der Waals surface area (Å²) in [6.07, 6.45) is 1.82. The van der Waals surface area contributed by atoms with Gasteiger partial charge < -0.3 is 10.2 Å². The summed E-state index contributed by atoms with van der Waals surface area (Å²) in [5, 5.41) is 4.01. The lowest BCUT2D eigenvalue weighted by atomic mass is 10.0. The van der Waals surface area contributed by atoms with E-state index in [1.807, 2.05) is 44.2 Å². The summed E-state index contributed by atoms with van der Waals surface area (Å²) < 4.78 is 26.7. The third-order valence-electron chi connectivity index (χ3n) is 6.48. The van der Waals surface area contributed by atoms with Gasteiger partial charge in [-0.2, -0.15) is 0 Å². The van der Waals surface area contributed by atoms with E-state index in [4.69, 9.17) is 46.4 Å². The summed E-state index contributed by atoms with van der Waals surface area (Å²) >= 11 is 25.1. The van der Waals surface area contributed by atoms with Crippen molar-refractivity contribution >= 4 is 73.9 Å². The molecular weight excluding hydrogens is 628 g/mol. The summed E-state index contributed by atoms with van der Waals surface area (Å²) in [4.78, 5) is 29.2. The molecule has 7 nitrogen and oxygen atoms in total. The highest BCUT2D eigenvalue weighted by Crippen LogP contribution is 2.31. The SMILES string of the molecule is CC[C@H](C)NC(=O)[C@@H](Cc1ccccc1)N(Cc1ccc(Cl)cc1Cl)C(=O)CN(c1cc(Cl)ccc1Cl)S(C)(=O)=O. The molecular formula is C29H31Cl4N3O4S. The van der Waals surface area contributed by atoms with Gasteiger partial charge in [-0.15, -0.1) is 0 Å². The number of benzene rings is 3. The molecule has 0 saturated carbocycles. The highest BCUT2D eigenvalue weighted by Gasteiger charge is 2.34. The molecule has 0 saturated heterocycles. The van der Waals surface area contributed by atoms with Crippen molar-refractivity contribution in [3.63, 3.8) is 0 Å². The number of amides is 2. The largest absolute Gasteiger partial charge is 0.352 e. The van der Waals surface area contributed by atoms with E-state index in [0.717, 1.165) is 16.1 Å². The second-order valence-corrected chi connectivity index (χ2v) is 13.2. The number of nitrogens with zero attached hydrogens (tertiary/aromatic N) is 2. The van der Waals surface area contributed by atoms with E-state index in [1.54, 1.807) is 18.2 Å². The van der Waals surface area contributed by atoms with Gasteiger partial charge in [-0.3, -0.25) is 13.9 Å². The molecule has 1 N–H and O–H groups in total. The smallest absolute Gasteiger partial charge is 0.244 e. The van der Waals surface area contributed by atoms with E-state index in [9.17, 15) is 18.0 Å². The summed E-state index contributed by atoms with van der Waals surface area (Å²) in [6.45, 7) is 3.09. The lowest BCUT2D eigenvalue weighted by Crippen LogP contribution is -2.54. The molecule has 0 aliphatic carbocycles. The van der Waals surface area contributed by atoms with Gasteiger partial charge >= 0.3 is 0 Å². The Morgan fingerprint density at radius 1 is 0.902 bits per heavy atom. The minimum Gasteiger partial charge on any atom is -0.352 e. The molecule has 0 spiro atoms. The van der Waals surface area contributed by atoms with E-state index < -0.39 is 28.5 Å². The molecule has 220 valence electrons. The molecule has 0 aliphatic heterocycles. The van der Waals surface area contributed by atoms with Crippen molar-refractivity contribution < 1.29 is 18.0 Å². The van der Waals surface area contributed by atoms with Crippen molar-refractivity contribution in [2.24, 2.45) is 0 Å². The van der Waals surface area contributed by atoms with Crippen LogP contribution < -0.4 is 9.62 Å². The molecule has 12 heteroatoms. The van der Waals surface area contributed by atoms with Gasteiger partial charge in [0.25, 0.3) is 0 Å². The molecule has 0 heterocycles. The van der Waals surface area contributed by atoms with Crippen LogP contribution in [-0.4, -0.2) is 50.0 Å². The van der Waals surface area contributed by atoms with Gasteiger partial charge in [-0.25, -0.2) is 8.42 Å². The molecule has 0 aliphatic rings. The predicted molar refractivity (Wildman–Crippen MR) is 167 cm³/mol. The topological polar surface area (TPSA) is 86.8 Å². The van der Waals surface area contributed by atoms with Crippen LogP contribution in [0.2, 0.25) is 20.1 Å². The van der Waals surface area contributed by atoms with Gasteiger partial charge in [0.1, 0.15) is 12.6 Å². The highest BCUT2D eigenvalue weighted by atomic mass is 35.5. The second-order valence-electron chi connectivity index (χ2n) is 9.65. The van der Waals surface area contributed by atoms with E-state index >= 15 is 0 Å². The fraction of sp³-hybridized carbons (Fsp3) is 0.310. The van der Waals surface area contributed by atoms with Crippen molar-refractivity contribution in [1.82, 2.24) is 10.2 Å². The molecule has 0 bridgehead atoms. The van der Waals surface area contributed by atoms with Gasteiger partial charge in [0.2, 0.25) is 21.8 Å². The van der Waals surface area contributed by atoms with Crippen molar-refractivity contribution in [2.45, 2.75) is 45.3 Å². The van der Waals surface area contributed by atoms with Gasteiger partial charge in [0.15, 0.2) is 0 Å². The molecule has 0 unspecified atom stereocenters. The molecule has 41 heavy (non-hydrogen) atoms. The maximum atomic E-state index is 14.1. The standard InChI is InChI=1S/C29H31Cl4N3O4S/c1-4-19(2)34-29(38)27(14-20-8-6-5-7-9-20)35(17-21-10-11-22(30)15-25(21)33)28(37)18-36(41(3,39)40)26-16-23(31)12-13-24(26)32/h5-13,15-16,19,27H,4,14,17-18H2,1-3H3,(H,34,38)/t19-,27+/m0/s1. The number of anilines is 1. The van der Waals surface area contributed by atoms with Crippen LogP contribution in [0.25, 0.3) is 0 Å². The summed E-state index contributed by atoms with van der Waals surface area (Å²) in [5.74, 6) is -1.02. The first-order valence-electron chi connectivity index (χ1n) is 12.8. The van der Waals surface area contributed by atoms with Crippen molar-refractivity contribution in [2.75, 3.05) is 17.1 Å². The van der Waals surface area contributed by atoms with Gasteiger partial charge in [-0.05, 0) is 54.8 Å². The Morgan fingerprint density at radius 2 is 1.54 bits per heavy atom. The Kier molecular flexibility index (Phi) is 11.8. The Labute approximate surface area is 261 Å². The molecule has 0 fully saturated rings. The average molecular weight is 659 g/mol. The zero-order valence-electron chi connectivity index (χ0n) is 22.8. The van der Waals surface area contributed by atoms with Crippen LogP contribution in [0.3, 0.4) is 0 Å². The number of hydrogen-bond donors (Lipinski definition) is 1. The van der Waals surface area contributed by atoms with Crippen LogP contribution in [0, 0.1) is 0 Å². The number of halogens is 4. The molecule has 3 aromatic carbocycles. The zero-order chi connectivity index (χ0) is 30.3. The molecule has 3 aromatic rings. The normalized spacial score (nSPS) is 12.9. The molecule has 0 aromatic heterocycles. The number of nitrogens with one attached hydrogen (secondary N) is 1. The molecule has 3 rings (SSSR count). The Bertz CT molecular complexity index is 1490. The van der Waals surface area contributed by atoms with Gasteiger partial charge in [0, 0.05) is 34.1 Å². The van der Waals surface area contributed by atoms with E-state index in [-0.39, 0.29) is 40.6 Å². The fourth-order valence-electron chi connectivity index (χ4n) is 4.10. The summed E-state index contributed by atoms with van der Waals surface area (Å²) in [5.41, 5.74) is 1.39. The first kappa shape index (κ1) is 33.0. The van der Waals surface area contributed by atoms with Crippen molar-refractivity contribution in [3.05, 3.63) is 97.9 Å². The third kappa shape index (κ3) is 9.25. The van der Waals surface area contributed by atoms with Crippen LogP contribution in [-0.2, 0) is 32.6 Å². The van der Waals surface area contributed by atoms with Crippen LogP contribution in [0.5, 0.6) is 0 Å². The van der Waals surface area contributed by atoms with Crippen LogP contribution in [0.1, 0.15) is 31.4 Å². The second kappa shape index (κ2) is 14.6. The third-order valence-corrected chi connectivity index (χ3v) is 8.75. The van der Waals surface area contributed by atoms with Gasteiger partial charge in [0.05, 0.1) is 17.0 Å². The monoisotopic (exact) mass is 657 g/mol. The molecule has 0 radical (unpaired) electrons. The maximum absolute atomic E-state index is 14.1. The van der Waals surface area contributed by atoms with Crippen LogP contribution in [0.15, 0.2) is 66.7 Å². The Balaban J connectivity index is 2.12. The number of sulfonamides is 1. The number of carbonyl (C=O) groups excluding carboxylic acids is 2. The minimum absolute atomic E-state index is 0.0446. The van der Waals surface area contributed by atoms with E-state index in [0.29, 0.717) is 22.0 Å². The van der Waals surface area contributed by atoms with E-state index in [2.05, 4.69) is 5.32 Å². The maximum Gasteiger partial charge on any atom is 0.244 e. The first-order valence-corrected chi connectivity index (χ1v) is 16.2. The number of hydrogen-bond acceptors (Lipinski definition) is 4.